The van der Waals surface area contributed by atoms with Crippen molar-refractivity contribution in [1.29, 1.82) is 0 Å². The van der Waals surface area contributed by atoms with E-state index in [4.69, 9.17) is 0 Å². The molecule has 0 radical (unpaired) electrons. The molecule has 0 saturated carbocycles. The lowest BCUT2D eigenvalue weighted by Gasteiger charge is -2.21. The van der Waals surface area contributed by atoms with Crippen LogP contribution in [0.25, 0.3) is 0 Å². The number of amides is 1. The molecule has 4 nitrogen and oxygen atoms in total. The van der Waals surface area contributed by atoms with Crippen LogP contribution in [-0.2, 0) is 4.79 Å². The van der Waals surface area contributed by atoms with Crippen LogP contribution in [0.4, 0.5) is 5.69 Å². The largest absolute Gasteiger partial charge is 0.316 e. The van der Waals surface area contributed by atoms with E-state index >= 15 is 0 Å². The number of carbonyl (C=O) groups is 1. The average Bonchev–Trinajstić information content (AvgIpc) is 2.88. The van der Waals surface area contributed by atoms with Crippen LogP contribution >= 0.6 is 0 Å². The lowest BCUT2D eigenvalue weighted by Crippen LogP contribution is -2.29. The van der Waals surface area contributed by atoms with Crippen molar-refractivity contribution in [2.45, 2.75) is 12.8 Å². The second-order valence-corrected chi connectivity index (χ2v) is 4.79. The fourth-order valence-corrected chi connectivity index (χ4v) is 2.73. The van der Waals surface area contributed by atoms with Gasteiger partial charge in [0, 0.05) is 31.1 Å². The third-order valence-corrected chi connectivity index (χ3v) is 3.61. The zero-order valence-corrected chi connectivity index (χ0v) is 9.15. The first-order valence-electron chi connectivity index (χ1n) is 5.70. The van der Waals surface area contributed by atoms with Gasteiger partial charge in [0.25, 0.3) is 0 Å². The summed E-state index contributed by atoms with van der Waals surface area (Å²) in [5.41, 5.74) is 1.10. The molecule has 84 valence electrons. The van der Waals surface area contributed by atoms with Crippen LogP contribution in [0.15, 0.2) is 24.5 Å². The zero-order valence-electron chi connectivity index (χ0n) is 9.15. The summed E-state index contributed by atoms with van der Waals surface area (Å²) in [5.74, 6) is 0.233. The molecule has 3 heterocycles. The Labute approximate surface area is 94.7 Å². The van der Waals surface area contributed by atoms with Crippen molar-refractivity contribution in [2.75, 3.05) is 24.5 Å². The van der Waals surface area contributed by atoms with E-state index < -0.39 is 0 Å². The standard InChI is InChI=1S/C12H15N3O/c16-11-6-12(3-5-14-8-12)9-15(11)10-2-1-4-13-7-10/h1-2,4,7,14H,3,5-6,8-9H2/t12-/m1/s1. The summed E-state index contributed by atoms with van der Waals surface area (Å²) in [6.45, 7) is 2.84. The molecule has 16 heavy (non-hydrogen) atoms. The second-order valence-electron chi connectivity index (χ2n) is 4.79. The fourth-order valence-electron chi connectivity index (χ4n) is 2.73. The fraction of sp³-hybridized carbons (Fsp3) is 0.500. The average molecular weight is 217 g/mol. The molecule has 1 aromatic rings. The van der Waals surface area contributed by atoms with Gasteiger partial charge in [-0.3, -0.25) is 9.78 Å². The Morgan fingerprint density at radius 1 is 1.50 bits per heavy atom. The molecule has 1 atom stereocenters. The molecule has 1 aromatic heterocycles. The Hall–Kier alpha value is -1.42. The highest BCUT2D eigenvalue weighted by atomic mass is 16.2. The van der Waals surface area contributed by atoms with Crippen molar-refractivity contribution in [3.63, 3.8) is 0 Å². The third-order valence-electron chi connectivity index (χ3n) is 3.61. The number of aromatic nitrogens is 1. The molecule has 3 rings (SSSR count). The topological polar surface area (TPSA) is 45.2 Å². The molecule has 1 N–H and O–H groups in total. The maximum Gasteiger partial charge on any atom is 0.227 e. The van der Waals surface area contributed by atoms with Crippen molar-refractivity contribution >= 4 is 11.6 Å². The van der Waals surface area contributed by atoms with E-state index in [-0.39, 0.29) is 11.3 Å². The Morgan fingerprint density at radius 2 is 2.44 bits per heavy atom. The summed E-state index contributed by atoms with van der Waals surface area (Å²) >= 11 is 0. The van der Waals surface area contributed by atoms with Gasteiger partial charge in [-0.05, 0) is 25.1 Å². The van der Waals surface area contributed by atoms with E-state index in [1.54, 1.807) is 12.4 Å². The second kappa shape index (κ2) is 3.56. The Balaban J connectivity index is 1.86. The first-order chi connectivity index (χ1) is 7.79. The highest BCUT2D eigenvalue weighted by molar-refractivity contribution is 5.96. The summed E-state index contributed by atoms with van der Waals surface area (Å²) in [6, 6.07) is 3.83. The number of nitrogens with zero attached hydrogens (tertiary/aromatic N) is 2. The van der Waals surface area contributed by atoms with E-state index in [0.717, 1.165) is 31.7 Å². The van der Waals surface area contributed by atoms with Gasteiger partial charge in [-0.2, -0.15) is 0 Å². The van der Waals surface area contributed by atoms with E-state index in [9.17, 15) is 4.79 Å². The molecule has 2 fully saturated rings. The Morgan fingerprint density at radius 3 is 3.12 bits per heavy atom. The number of nitrogens with one attached hydrogen (secondary N) is 1. The summed E-state index contributed by atoms with van der Waals surface area (Å²) in [7, 11) is 0. The lowest BCUT2D eigenvalue weighted by atomic mass is 9.86. The number of pyridine rings is 1. The molecule has 2 aliphatic heterocycles. The zero-order chi connectivity index (χ0) is 11.0. The summed E-state index contributed by atoms with van der Waals surface area (Å²) in [6.07, 6.45) is 5.28. The van der Waals surface area contributed by atoms with Crippen LogP contribution in [0, 0.1) is 5.41 Å². The van der Waals surface area contributed by atoms with Crippen LogP contribution in [0.2, 0.25) is 0 Å². The smallest absolute Gasteiger partial charge is 0.227 e. The monoisotopic (exact) mass is 217 g/mol. The van der Waals surface area contributed by atoms with Crippen LogP contribution in [0.1, 0.15) is 12.8 Å². The number of hydrogen-bond donors (Lipinski definition) is 1. The van der Waals surface area contributed by atoms with Gasteiger partial charge < -0.3 is 10.2 Å². The van der Waals surface area contributed by atoms with Gasteiger partial charge in [0.2, 0.25) is 5.91 Å². The van der Waals surface area contributed by atoms with E-state index in [1.807, 2.05) is 17.0 Å². The Kier molecular flexibility index (Phi) is 2.17. The molecule has 0 unspecified atom stereocenters. The van der Waals surface area contributed by atoms with Crippen molar-refractivity contribution in [1.82, 2.24) is 10.3 Å². The molecular formula is C12H15N3O. The normalized spacial score (nSPS) is 29.2. The minimum atomic E-state index is 0.174. The molecule has 0 aromatic carbocycles. The number of anilines is 1. The molecule has 1 amide bonds. The maximum atomic E-state index is 12.0. The summed E-state index contributed by atoms with van der Waals surface area (Å²) < 4.78 is 0. The number of hydrogen-bond acceptors (Lipinski definition) is 3. The first-order valence-corrected chi connectivity index (χ1v) is 5.70. The van der Waals surface area contributed by atoms with Crippen molar-refractivity contribution in [3.05, 3.63) is 24.5 Å². The predicted octanol–water partition coefficient (Wildman–Crippen LogP) is 0.798. The first kappa shape index (κ1) is 9.78. The van der Waals surface area contributed by atoms with Crippen LogP contribution in [0.3, 0.4) is 0 Å². The molecule has 0 aliphatic carbocycles. The lowest BCUT2D eigenvalue weighted by molar-refractivity contribution is -0.117. The maximum absolute atomic E-state index is 12.0. The van der Waals surface area contributed by atoms with Crippen molar-refractivity contribution in [2.24, 2.45) is 5.41 Å². The van der Waals surface area contributed by atoms with Gasteiger partial charge in [-0.25, -0.2) is 0 Å². The van der Waals surface area contributed by atoms with Gasteiger partial charge in [0.1, 0.15) is 0 Å². The molecule has 1 spiro atoms. The van der Waals surface area contributed by atoms with E-state index in [1.165, 1.54) is 0 Å². The van der Waals surface area contributed by atoms with Crippen LogP contribution < -0.4 is 10.2 Å². The summed E-state index contributed by atoms with van der Waals surface area (Å²) in [5, 5.41) is 3.35. The van der Waals surface area contributed by atoms with Crippen LogP contribution in [-0.4, -0.2) is 30.5 Å². The molecule has 0 bridgehead atoms. The number of carbonyl (C=O) groups excluding carboxylic acids is 1. The summed E-state index contributed by atoms with van der Waals surface area (Å²) in [4.78, 5) is 18.0. The molecule has 2 saturated heterocycles. The predicted molar refractivity (Wildman–Crippen MR) is 61.1 cm³/mol. The highest BCUT2D eigenvalue weighted by Gasteiger charge is 2.45. The van der Waals surface area contributed by atoms with Gasteiger partial charge in [0.05, 0.1) is 11.9 Å². The van der Waals surface area contributed by atoms with Crippen LogP contribution in [0.5, 0.6) is 0 Å². The van der Waals surface area contributed by atoms with Gasteiger partial charge in [0.15, 0.2) is 0 Å². The third kappa shape index (κ3) is 1.50. The van der Waals surface area contributed by atoms with Crippen molar-refractivity contribution < 1.29 is 4.79 Å². The molecule has 2 aliphatic rings. The number of rotatable bonds is 1. The molecular weight excluding hydrogens is 202 g/mol. The SMILES string of the molecule is O=C1C[C@@]2(CCNC2)CN1c1cccnc1. The van der Waals surface area contributed by atoms with E-state index in [0.29, 0.717) is 6.42 Å². The minimum Gasteiger partial charge on any atom is -0.316 e. The Bertz CT molecular complexity index is 398. The van der Waals surface area contributed by atoms with Gasteiger partial charge in [-0.15, -0.1) is 0 Å². The minimum absolute atomic E-state index is 0.174. The molecule has 4 heteroatoms. The quantitative estimate of drug-likeness (QED) is 0.756. The highest BCUT2D eigenvalue weighted by Crippen LogP contribution is 2.38. The van der Waals surface area contributed by atoms with Crippen molar-refractivity contribution in [3.8, 4) is 0 Å². The van der Waals surface area contributed by atoms with Gasteiger partial charge >= 0.3 is 0 Å². The van der Waals surface area contributed by atoms with Gasteiger partial charge in [-0.1, -0.05) is 0 Å². The van der Waals surface area contributed by atoms with E-state index in [2.05, 4.69) is 10.3 Å².